The van der Waals surface area contributed by atoms with Gasteiger partial charge in [0.05, 0.1) is 6.54 Å². The van der Waals surface area contributed by atoms with E-state index in [0.29, 0.717) is 0 Å². The third kappa shape index (κ3) is 2.75. The summed E-state index contributed by atoms with van der Waals surface area (Å²) in [6.45, 7) is 3.98. The molecule has 1 heterocycles. The van der Waals surface area contributed by atoms with Crippen LogP contribution >= 0.6 is 0 Å². The average Bonchev–Trinajstić information content (AvgIpc) is 2.90. The van der Waals surface area contributed by atoms with E-state index in [-0.39, 0.29) is 0 Å². The maximum atomic E-state index is 5.84. The summed E-state index contributed by atoms with van der Waals surface area (Å²) in [4.78, 5) is 0. The molecule has 0 aliphatic heterocycles. The van der Waals surface area contributed by atoms with Gasteiger partial charge in [0, 0.05) is 5.39 Å². The van der Waals surface area contributed by atoms with Gasteiger partial charge in [0.1, 0.15) is 11.3 Å². The Labute approximate surface area is 119 Å². The normalized spacial score (nSPS) is 11.1. The molecule has 2 nitrogen and oxygen atoms in total. The van der Waals surface area contributed by atoms with Crippen LogP contribution in [0.2, 0.25) is 0 Å². The summed E-state index contributed by atoms with van der Waals surface area (Å²) in [7, 11) is 0. The minimum Gasteiger partial charge on any atom is -0.460 e. The molecule has 1 N–H and O–H groups in total. The van der Waals surface area contributed by atoms with E-state index >= 15 is 0 Å². The lowest BCUT2D eigenvalue weighted by Crippen LogP contribution is -2.12. The van der Waals surface area contributed by atoms with E-state index in [1.807, 2.05) is 6.07 Å². The van der Waals surface area contributed by atoms with Gasteiger partial charge in [-0.25, -0.2) is 0 Å². The number of fused-ring (bicyclic) bond motifs is 1. The molecule has 2 heteroatoms. The van der Waals surface area contributed by atoms with Crippen molar-refractivity contribution in [1.82, 2.24) is 5.32 Å². The van der Waals surface area contributed by atoms with E-state index in [0.717, 1.165) is 30.9 Å². The molecule has 0 aliphatic carbocycles. The molecule has 0 amide bonds. The number of furan rings is 1. The van der Waals surface area contributed by atoms with Crippen LogP contribution in [0.3, 0.4) is 0 Å². The molecule has 3 rings (SSSR count). The summed E-state index contributed by atoms with van der Waals surface area (Å²) in [5.41, 5.74) is 3.42. The van der Waals surface area contributed by atoms with Gasteiger partial charge in [-0.05, 0) is 42.3 Å². The smallest absolute Gasteiger partial charge is 0.134 e. The molecule has 0 atom stereocenters. The summed E-state index contributed by atoms with van der Waals surface area (Å²) < 4.78 is 5.84. The topological polar surface area (TPSA) is 25.2 Å². The van der Waals surface area contributed by atoms with Gasteiger partial charge in [-0.1, -0.05) is 43.3 Å². The summed E-state index contributed by atoms with van der Waals surface area (Å²) in [6, 6.07) is 18.9. The van der Waals surface area contributed by atoms with Crippen LogP contribution in [0, 0.1) is 0 Å². The molecule has 0 fully saturated rings. The highest BCUT2D eigenvalue weighted by Gasteiger charge is 2.05. The van der Waals surface area contributed by atoms with E-state index in [9.17, 15) is 0 Å². The third-order valence-electron chi connectivity index (χ3n) is 3.40. The zero-order valence-corrected chi connectivity index (χ0v) is 11.7. The maximum absolute atomic E-state index is 5.84. The van der Waals surface area contributed by atoms with Crippen LogP contribution in [-0.4, -0.2) is 6.54 Å². The van der Waals surface area contributed by atoms with Crippen molar-refractivity contribution < 1.29 is 4.42 Å². The van der Waals surface area contributed by atoms with Crippen LogP contribution in [0.25, 0.3) is 22.1 Å². The second-order valence-corrected chi connectivity index (χ2v) is 5.01. The van der Waals surface area contributed by atoms with Crippen molar-refractivity contribution in [1.29, 1.82) is 0 Å². The average molecular weight is 265 g/mol. The first-order valence-corrected chi connectivity index (χ1v) is 7.15. The van der Waals surface area contributed by atoms with Gasteiger partial charge in [0.15, 0.2) is 0 Å². The van der Waals surface area contributed by atoms with E-state index in [2.05, 4.69) is 60.8 Å². The van der Waals surface area contributed by atoms with Gasteiger partial charge in [-0.15, -0.1) is 0 Å². The van der Waals surface area contributed by atoms with Crippen molar-refractivity contribution in [3.05, 3.63) is 60.4 Å². The molecule has 2 aromatic carbocycles. The van der Waals surface area contributed by atoms with Crippen molar-refractivity contribution in [3.8, 4) is 11.1 Å². The maximum Gasteiger partial charge on any atom is 0.134 e. The van der Waals surface area contributed by atoms with Crippen molar-refractivity contribution in [3.63, 3.8) is 0 Å². The second-order valence-electron chi connectivity index (χ2n) is 5.01. The van der Waals surface area contributed by atoms with E-state index in [4.69, 9.17) is 4.42 Å². The molecule has 0 bridgehead atoms. The first kappa shape index (κ1) is 12.9. The largest absolute Gasteiger partial charge is 0.460 e. The Morgan fingerprint density at radius 3 is 2.60 bits per heavy atom. The number of hydrogen-bond donors (Lipinski definition) is 1. The molecule has 0 saturated heterocycles. The Balaban J connectivity index is 1.88. The SMILES string of the molecule is CCCNCc1cc2cc(-c3ccccc3)ccc2o1. The number of hydrogen-bond acceptors (Lipinski definition) is 2. The van der Waals surface area contributed by atoms with Gasteiger partial charge in [-0.3, -0.25) is 0 Å². The fourth-order valence-corrected chi connectivity index (χ4v) is 2.38. The van der Waals surface area contributed by atoms with Crippen LogP contribution in [0.4, 0.5) is 0 Å². The number of rotatable bonds is 5. The molecule has 1 aromatic heterocycles. The molecule has 0 unspecified atom stereocenters. The van der Waals surface area contributed by atoms with E-state index < -0.39 is 0 Å². The van der Waals surface area contributed by atoms with Gasteiger partial charge in [0.25, 0.3) is 0 Å². The van der Waals surface area contributed by atoms with Crippen LogP contribution in [0.5, 0.6) is 0 Å². The fourth-order valence-electron chi connectivity index (χ4n) is 2.38. The molecular formula is C18H19NO. The Morgan fingerprint density at radius 1 is 0.950 bits per heavy atom. The standard InChI is InChI=1S/C18H19NO/c1-2-10-19-13-17-12-16-11-15(8-9-18(16)20-17)14-6-4-3-5-7-14/h3-9,11-12,19H,2,10,13H2,1H3. The first-order chi connectivity index (χ1) is 9.86. The minimum atomic E-state index is 0.795. The summed E-state index contributed by atoms with van der Waals surface area (Å²) in [5, 5.41) is 4.53. The quantitative estimate of drug-likeness (QED) is 0.682. The van der Waals surface area contributed by atoms with Gasteiger partial charge in [-0.2, -0.15) is 0 Å². The lowest BCUT2D eigenvalue weighted by Gasteiger charge is -2.00. The van der Waals surface area contributed by atoms with Crippen LogP contribution in [-0.2, 0) is 6.54 Å². The molecule has 0 spiro atoms. The molecule has 0 saturated carbocycles. The van der Waals surface area contributed by atoms with Crippen LogP contribution in [0.1, 0.15) is 19.1 Å². The molecule has 102 valence electrons. The van der Waals surface area contributed by atoms with E-state index in [1.165, 1.54) is 16.5 Å². The fraction of sp³-hybridized carbons (Fsp3) is 0.222. The Morgan fingerprint density at radius 2 is 1.80 bits per heavy atom. The Hall–Kier alpha value is -2.06. The lowest BCUT2D eigenvalue weighted by molar-refractivity contribution is 0.513. The monoisotopic (exact) mass is 265 g/mol. The highest BCUT2D eigenvalue weighted by atomic mass is 16.3. The lowest BCUT2D eigenvalue weighted by atomic mass is 10.0. The zero-order chi connectivity index (χ0) is 13.8. The predicted molar refractivity (Wildman–Crippen MR) is 83.6 cm³/mol. The molecule has 3 aromatic rings. The Bertz CT molecular complexity index is 685. The third-order valence-corrected chi connectivity index (χ3v) is 3.40. The number of benzene rings is 2. The predicted octanol–water partition coefficient (Wildman–Crippen LogP) is 4.60. The highest BCUT2D eigenvalue weighted by Crippen LogP contribution is 2.26. The summed E-state index contributed by atoms with van der Waals surface area (Å²) in [6.07, 6.45) is 1.14. The van der Waals surface area contributed by atoms with Crippen molar-refractivity contribution in [2.45, 2.75) is 19.9 Å². The van der Waals surface area contributed by atoms with Crippen molar-refractivity contribution in [2.75, 3.05) is 6.54 Å². The second kappa shape index (κ2) is 5.93. The Kier molecular flexibility index (Phi) is 3.84. The molecule has 20 heavy (non-hydrogen) atoms. The van der Waals surface area contributed by atoms with Crippen molar-refractivity contribution >= 4 is 11.0 Å². The minimum absolute atomic E-state index is 0.795. The van der Waals surface area contributed by atoms with Crippen molar-refractivity contribution in [2.24, 2.45) is 0 Å². The van der Waals surface area contributed by atoms with Gasteiger partial charge in [0.2, 0.25) is 0 Å². The van der Waals surface area contributed by atoms with Gasteiger partial charge < -0.3 is 9.73 Å². The number of nitrogens with one attached hydrogen (secondary N) is 1. The molecular weight excluding hydrogens is 246 g/mol. The van der Waals surface area contributed by atoms with Gasteiger partial charge >= 0.3 is 0 Å². The first-order valence-electron chi connectivity index (χ1n) is 7.15. The van der Waals surface area contributed by atoms with Crippen LogP contribution < -0.4 is 5.32 Å². The molecule has 0 aliphatic rings. The van der Waals surface area contributed by atoms with E-state index in [1.54, 1.807) is 0 Å². The zero-order valence-electron chi connectivity index (χ0n) is 11.7. The summed E-state index contributed by atoms with van der Waals surface area (Å²) in [5.74, 6) is 0.999. The molecule has 0 radical (unpaired) electrons. The highest BCUT2D eigenvalue weighted by molar-refractivity contribution is 5.84. The van der Waals surface area contributed by atoms with Crippen LogP contribution in [0.15, 0.2) is 59.0 Å². The summed E-state index contributed by atoms with van der Waals surface area (Å²) >= 11 is 0.